The molecule has 1 saturated carbocycles. The Morgan fingerprint density at radius 2 is 1.85 bits per heavy atom. The molecule has 1 aromatic carbocycles. The number of halogens is 1. The van der Waals surface area contributed by atoms with E-state index in [0.29, 0.717) is 11.5 Å². The normalized spacial score (nSPS) is 24.2. The summed E-state index contributed by atoms with van der Waals surface area (Å²) in [6.45, 7) is 9.29. The lowest BCUT2D eigenvalue weighted by Gasteiger charge is -2.29. The van der Waals surface area contributed by atoms with Gasteiger partial charge in [-0.15, -0.1) is 0 Å². The van der Waals surface area contributed by atoms with Gasteiger partial charge in [-0.2, -0.15) is 0 Å². The number of benzene rings is 1. The summed E-state index contributed by atoms with van der Waals surface area (Å²) >= 11 is 6.11. The van der Waals surface area contributed by atoms with Crippen LogP contribution in [0.2, 0.25) is 5.02 Å². The van der Waals surface area contributed by atoms with Crippen molar-refractivity contribution in [3.63, 3.8) is 0 Å². The van der Waals surface area contributed by atoms with Crippen LogP contribution >= 0.6 is 11.6 Å². The van der Waals surface area contributed by atoms with Crippen LogP contribution in [-0.4, -0.2) is 6.04 Å². The molecule has 20 heavy (non-hydrogen) atoms. The van der Waals surface area contributed by atoms with Gasteiger partial charge in [0.05, 0.1) is 0 Å². The van der Waals surface area contributed by atoms with Crippen LogP contribution in [0.1, 0.15) is 58.4 Å². The first kappa shape index (κ1) is 15.7. The van der Waals surface area contributed by atoms with Crippen molar-refractivity contribution in [2.45, 2.75) is 65.8 Å². The molecule has 0 saturated heterocycles. The van der Waals surface area contributed by atoms with Crippen LogP contribution in [0.5, 0.6) is 0 Å². The zero-order chi connectivity index (χ0) is 14.8. The first-order valence-corrected chi connectivity index (χ1v) is 8.27. The van der Waals surface area contributed by atoms with E-state index in [0.717, 1.165) is 10.9 Å². The van der Waals surface area contributed by atoms with E-state index in [9.17, 15) is 0 Å². The van der Waals surface area contributed by atoms with Crippen LogP contribution in [0.4, 0.5) is 5.69 Å². The van der Waals surface area contributed by atoms with E-state index in [4.69, 9.17) is 11.6 Å². The molecule has 0 bridgehead atoms. The minimum Gasteiger partial charge on any atom is -0.382 e. The molecule has 2 heteroatoms. The highest BCUT2D eigenvalue weighted by Gasteiger charge is 2.27. The topological polar surface area (TPSA) is 12.0 Å². The highest BCUT2D eigenvalue weighted by molar-refractivity contribution is 6.30. The van der Waals surface area contributed by atoms with Gasteiger partial charge in [-0.25, -0.2) is 0 Å². The fourth-order valence-electron chi connectivity index (χ4n) is 3.28. The molecule has 0 aliphatic heterocycles. The number of hydrogen-bond acceptors (Lipinski definition) is 1. The lowest BCUT2D eigenvalue weighted by atomic mass is 9.76. The molecule has 1 aliphatic rings. The molecular weight excluding hydrogens is 266 g/mol. The predicted molar refractivity (Wildman–Crippen MR) is 89.6 cm³/mol. The monoisotopic (exact) mass is 293 g/mol. The van der Waals surface area contributed by atoms with Crippen LogP contribution in [0.15, 0.2) is 18.2 Å². The van der Waals surface area contributed by atoms with Gasteiger partial charge < -0.3 is 5.32 Å². The molecule has 2 atom stereocenters. The van der Waals surface area contributed by atoms with Crippen LogP contribution in [0, 0.1) is 18.3 Å². The first-order chi connectivity index (χ1) is 9.36. The van der Waals surface area contributed by atoms with Crippen LogP contribution in [0.3, 0.4) is 0 Å². The lowest BCUT2D eigenvalue weighted by Crippen LogP contribution is -2.22. The Bertz CT molecular complexity index is 447. The van der Waals surface area contributed by atoms with Crippen molar-refractivity contribution in [3.8, 4) is 0 Å². The molecule has 1 fully saturated rings. The lowest BCUT2D eigenvalue weighted by molar-refractivity contribution is 0.214. The van der Waals surface area contributed by atoms with Gasteiger partial charge in [-0.05, 0) is 61.6 Å². The Kier molecular flexibility index (Phi) is 5.01. The third-order valence-electron chi connectivity index (χ3n) is 4.75. The van der Waals surface area contributed by atoms with Crippen molar-refractivity contribution in [1.29, 1.82) is 0 Å². The molecule has 2 unspecified atom stereocenters. The second-order valence-electron chi connectivity index (χ2n) is 7.37. The van der Waals surface area contributed by atoms with Gasteiger partial charge >= 0.3 is 0 Å². The van der Waals surface area contributed by atoms with Crippen molar-refractivity contribution in [1.82, 2.24) is 0 Å². The quantitative estimate of drug-likeness (QED) is 0.654. The zero-order valence-electron chi connectivity index (χ0n) is 13.3. The number of nitrogens with one attached hydrogen (secondary N) is 1. The zero-order valence-corrected chi connectivity index (χ0v) is 14.1. The van der Waals surface area contributed by atoms with E-state index in [-0.39, 0.29) is 0 Å². The number of hydrogen-bond donors (Lipinski definition) is 1. The Morgan fingerprint density at radius 3 is 2.55 bits per heavy atom. The summed E-state index contributed by atoms with van der Waals surface area (Å²) < 4.78 is 0. The summed E-state index contributed by atoms with van der Waals surface area (Å²) in [7, 11) is 0. The van der Waals surface area contributed by atoms with Gasteiger partial charge in [0.15, 0.2) is 0 Å². The number of aryl methyl sites for hydroxylation is 1. The summed E-state index contributed by atoms with van der Waals surface area (Å²) in [4.78, 5) is 0. The van der Waals surface area contributed by atoms with Gasteiger partial charge in [0.1, 0.15) is 0 Å². The van der Waals surface area contributed by atoms with E-state index < -0.39 is 0 Å². The summed E-state index contributed by atoms with van der Waals surface area (Å²) in [5, 5.41) is 4.54. The van der Waals surface area contributed by atoms with Crippen LogP contribution in [0.25, 0.3) is 0 Å². The SMILES string of the molecule is Cc1ccc(Cl)cc1NC1CCCC(C(C)(C)C)CC1. The maximum absolute atomic E-state index is 6.11. The van der Waals surface area contributed by atoms with Crippen LogP contribution in [-0.2, 0) is 0 Å². The molecule has 0 radical (unpaired) electrons. The molecule has 0 amide bonds. The van der Waals surface area contributed by atoms with Gasteiger partial charge in [-0.1, -0.05) is 44.9 Å². The molecule has 1 N–H and O–H groups in total. The summed E-state index contributed by atoms with van der Waals surface area (Å²) in [6.07, 6.45) is 6.59. The fourth-order valence-corrected chi connectivity index (χ4v) is 3.45. The molecule has 1 aliphatic carbocycles. The minimum atomic E-state index is 0.445. The highest BCUT2D eigenvalue weighted by atomic mass is 35.5. The van der Waals surface area contributed by atoms with E-state index in [1.807, 2.05) is 6.07 Å². The molecule has 112 valence electrons. The van der Waals surface area contributed by atoms with Gasteiger partial charge in [-0.3, -0.25) is 0 Å². The highest BCUT2D eigenvalue weighted by Crippen LogP contribution is 2.37. The van der Waals surface area contributed by atoms with Crippen molar-refractivity contribution >= 4 is 17.3 Å². The van der Waals surface area contributed by atoms with Crippen molar-refractivity contribution < 1.29 is 0 Å². The van der Waals surface area contributed by atoms with Gasteiger partial charge in [0, 0.05) is 16.8 Å². The predicted octanol–water partition coefficient (Wildman–Crippen LogP) is 6.06. The van der Waals surface area contributed by atoms with E-state index in [2.05, 4.69) is 45.1 Å². The Morgan fingerprint density at radius 1 is 1.10 bits per heavy atom. The summed E-state index contributed by atoms with van der Waals surface area (Å²) in [6, 6.07) is 6.71. The fraction of sp³-hybridized carbons (Fsp3) is 0.667. The van der Waals surface area contributed by atoms with Gasteiger partial charge in [0.25, 0.3) is 0 Å². The molecule has 0 aromatic heterocycles. The molecule has 1 aromatic rings. The maximum Gasteiger partial charge on any atom is 0.0426 e. The third kappa shape index (κ3) is 4.15. The van der Waals surface area contributed by atoms with Gasteiger partial charge in [0.2, 0.25) is 0 Å². The van der Waals surface area contributed by atoms with E-state index >= 15 is 0 Å². The molecule has 2 rings (SSSR count). The summed E-state index contributed by atoms with van der Waals surface area (Å²) in [5.41, 5.74) is 2.93. The maximum atomic E-state index is 6.11. The molecular formula is C18H28ClN. The Hall–Kier alpha value is -0.690. The second kappa shape index (κ2) is 6.39. The Labute approximate surface area is 129 Å². The van der Waals surface area contributed by atoms with Crippen LogP contribution < -0.4 is 5.32 Å². The average molecular weight is 294 g/mol. The smallest absolute Gasteiger partial charge is 0.0426 e. The first-order valence-electron chi connectivity index (χ1n) is 7.89. The molecule has 1 nitrogen and oxygen atoms in total. The average Bonchev–Trinajstić information content (AvgIpc) is 2.59. The second-order valence-corrected chi connectivity index (χ2v) is 7.81. The number of anilines is 1. The Balaban J connectivity index is 1.99. The van der Waals surface area contributed by atoms with E-state index in [1.165, 1.54) is 43.4 Å². The molecule has 0 heterocycles. The van der Waals surface area contributed by atoms with Crippen molar-refractivity contribution in [2.24, 2.45) is 11.3 Å². The minimum absolute atomic E-state index is 0.445. The largest absolute Gasteiger partial charge is 0.382 e. The third-order valence-corrected chi connectivity index (χ3v) is 4.99. The number of rotatable bonds is 2. The summed E-state index contributed by atoms with van der Waals surface area (Å²) in [5.74, 6) is 0.856. The van der Waals surface area contributed by atoms with Crippen molar-refractivity contribution in [2.75, 3.05) is 5.32 Å². The van der Waals surface area contributed by atoms with E-state index in [1.54, 1.807) is 0 Å². The standard InChI is InChI=1S/C18H28ClN/c1-13-8-10-15(19)12-17(13)20-16-7-5-6-14(9-11-16)18(2,3)4/h8,10,12,14,16,20H,5-7,9,11H2,1-4H3. The molecule has 0 spiro atoms. The van der Waals surface area contributed by atoms with Crippen molar-refractivity contribution in [3.05, 3.63) is 28.8 Å².